The maximum atomic E-state index is 13.0. The van der Waals surface area contributed by atoms with Crippen molar-refractivity contribution in [3.05, 3.63) is 104 Å². The number of carbonyl (C=O) groups is 3. The predicted molar refractivity (Wildman–Crippen MR) is 99.6 cm³/mol. The summed E-state index contributed by atoms with van der Waals surface area (Å²) in [6, 6.07) is 15.8. The van der Waals surface area contributed by atoms with Gasteiger partial charge in [0.2, 0.25) is 0 Å². The highest BCUT2D eigenvalue weighted by Gasteiger charge is 2.33. The van der Waals surface area contributed by atoms with Crippen LogP contribution < -0.4 is 0 Å². The first kappa shape index (κ1) is 16.7. The molecule has 0 N–H and O–H groups in total. The molecule has 0 aromatic heterocycles. The van der Waals surface area contributed by atoms with E-state index in [2.05, 4.69) is 0 Å². The second-order valence-corrected chi connectivity index (χ2v) is 6.73. The highest BCUT2D eigenvalue weighted by molar-refractivity contribution is 6.38. The minimum Gasteiger partial charge on any atom is -0.289 e. The van der Waals surface area contributed by atoms with E-state index in [9.17, 15) is 14.4 Å². The minimum atomic E-state index is -0.427. The number of benzene rings is 3. The van der Waals surface area contributed by atoms with Gasteiger partial charge in [0.25, 0.3) is 0 Å². The van der Waals surface area contributed by atoms with Crippen LogP contribution in [0.15, 0.2) is 60.7 Å². The van der Waals surface area contributed by atoms with Gasteiger partial charge in [0.1, 0.15) is 0 Å². The smallest absolute Gasteiger partial charge is 0.195 e. The molecule has 3 nitrogen and oxygen atoms in total. The Kier molecular flexibility index (Phi) is 3.98. The molecule has 5 heteroatoms. The lowest BCUT2D eigenvalue weighted by molar-refractivity contribution is 0.0971. The number of fused-ring (bicyclic) bond motifs is 2. The molecule has 3 aromatic rings. The van der Waals surface area contributed by atoms with E-state index < -0.39 is 5.78 Å². The average molecular weight is 381 g/mol. The van der Waals surface area contributed by atoms with Crippen molar-refractivity contribution in [2.45, 2.75) is 0 Å². The number of hydrogen-bond acceptors (Lipinski definition) is 3. The summed E-state index contributed by atoms with van der Waals surface area (Å²) in [4.78, 5) is 38.8. The van der Waals surface area contributed by atoms with Gasteiger partial charge in [-0.15, -0.1) is 0 Å². The van der Waals surface area contributed by atoms with Crippen molar-refractivity contribution >= 4 is 40.6 Å². The molecule has 0 bridgehead atoms. The third-order valence-corrected chi connectivity index (χ3v) is 4.92. The van der Waals surface area contributed by atoms with Gasteiger partial charge >= 0.3 is 0 Å². The minimum absolute atomic E-state index is 0.118. The molecular formula is C21H10Cl2O3. The van der Waals surface area contributed by atoms with Gasteiger partial charge in [0, 0.05) is 38.4 Å². The Labute approximate surface area is 159 Å². The molecule has 0 heterocycles. The Morgan fingerprint density at radius 3 is 2.04 bits per heavy atom. The van der Waals surface area contributed by atoms with Crippen LogP contribution in [-0.2, 0) is 0 Å². The molecule has 4 rings (SSSR count). The van der Waals surface area contributed by atoms with Gasteiger partial charge in [-0.1, -0.05) is 65.7 Å². The first-order valence-corrected chi connectivity index (χ1v) is 8.56. The zero-order valence-electron chi connectivity index (χ0n) is 13.3. The van der Waals surface area contributed by atoms with Crippen molar-refractivity contribution in [1.82, 2.24) is 0 Å². The molecule has 1 aliphatic rings. The molecule has 0 spiro atoms. The fourth-order valence-electron chi connectivity index (χ4n) is 3.15. The fraction of sp³-hybridized carbons (Fsp3) is 0. The number of rotatable bonds is 2. The summed E-state index contributed by atoms with van der Waals surface area (Å²) in [7, 11) is 0. The van der Waals surface area contributed by atoms with E-state index in [1.165, 1.54) is 18.2 Å². The van der Waals surface area contributed by atoms with Gasteiger partial charge in [-0.3, -0.25) is 14.4 Å². The summed E-state index contributed by atoms with van der Waals surface area (Å²) in [6.45, 7) is 0. The van der Waals surface area contributed by atoms with Crippen LogP contribution in [-0.4, -0.2) is 17.3 Å². The van der Waals surface area contributed by atoms with Crippen molar-refractivity contribution < 1.29 is 14.4 Å². The third kappa shape index (κ3) is 2.48. The molecule has 0 radical (unpaired) electrons. The average Bonchev–Trinajstić information content (AvgIpc) is 2.65. The van der Waals surface area contributed by atoms with Gasteiger partial charge in [-0.05, 0) is 18.2 Å². The Hall–Kier alpha value is -2.75. The number of hydrogen-bond donors (Lipinski definition) is 0. The molecule has 0 saturated carbocycles. The molecule has 126 valence electrons. The van der Waals surface area contributed by atoms with Crippen LogP contribution in [0, 0.1) is 0 Å². The molecule has 0 aliphatic heterocycles. The largest absolute Gasteiger partial charge is 0.289 e. The Bertz CT molecular complexity index is 1120. The predicted octanol–water partition coefficient (Wildman–Crippen LogP) is 5.00. The Morgan fingerprint density at radius 2 is 1.35 bits per heavy atom. The van der Waals surface area contributed by atoms with E-state index in [1.54, 1.807) is 42.5 Å². The standard InChI is InChI=1S/C21H10Cl2O3/c22-11-8-9-14(17(23)10-11)20(25)16-7-3-6-15-18(16)21(26)13-5-2-1-4-12(13)19(15)24/h1-10H. The fourth-order valence-corrected chi connectivity index (χ4v) is 3.65. The first-order valence-electron chi connectivity index (χ1n) is 7.80. The highest BCUT2D eigenvalue weighted by atomic mass is 35.5. The molecule has 0 atom stereocenters. The third-order valence-electron chi connectivity index (χ3n) is 4.37. The maximum absolute atomic E-state index is 13.0. The van der Waals surface area contributed by atoms with E-state index in [-0.39, 0.29) is 38.8 Å². The summed E-state index contributed by atoms with van der Waals surface area (Å²) in [6.07, 6.45) is 0. The number of halogens is 2. The molecule has 0 fully saturated rings. The molecule has 26 heavy (non-hydrogen) atoms. The van der Waals surface area contributed by atoms with E-state index in [0.29, 0.717) is 16.1 Å². The molecule has 3 aromatic carbocycles. The molecule has 0 unspecified atom stereocenters. The van der Waals surface area contributed by atoms with Gasteiger partial charge in [0.15, 0.2) is 17.3 Å². The molecule has 0 amide bonds. The molecule has 1 aliphatic carbocycles. The molecule has 0 saturated heterocycles. The van der Waals surface area contributed by atoms with E-state index in [1.807, 2.05) is 0 Å². The van der Waals surface area contributed by atoms with Gasteiger partial charge in [-0.25, -0.2) is 0 Å². The van der Waals surface area contributed by atoms with Crippen LogP contribution in [0.4, 0.5) is 0 Å². The SMILES string of the molecule is O=C(c1ccc(Cl)cc1Cl)c1cccc2c1C(=O)c1ccccc1C2=O. The van der Waals surface area contributed by atoms with Crippen LogP contribution in [0.5, 0.6) is 0 Å². The normalized spacial score (nSPS) is 12.5. The summed E-state index contributed by atoms with van der Waals surface area (Å²) in [5.41, 5.74) is 1.37. The number of carbonyl (C=O) groups excluding carboxylic acids is 3. The van der Waals surface area contributed by atoms with Crippen molar-refractivity contribution in [2.75, 3.05) is 0 Å². The van der Waals surface area contributed by atoms with Crippen molar-refractivity contribution in [2.24, 2.45) is 0 Å². The lowest BCUT2D eigenvalue weighted by atomic mass is 9.80. The Balaban J connectivity index is 1.92. The van der Waals surface area contributed by atoms with Crippen LogP contribution in [0.2, 0.25) is 10.0 Å². The summed E-state index contributed by atoms with van der Waals surface area (Å²) >= 11 is 12.0. The van der Waals surface area contributed by atoms with Gasteiger partial charge in [-0.2, -0.15) is 0 Å². The topological polar surface area (TPSA) is 51.2 Å². The number of ketones is 3. The van der Waals surface area contributed by atoms with Gasteiger partial charge < -0.3 is 0 Å². The monoisotopic (exact) mass is 380 g/mol. The second kappa shape index (κ2) is 6.20. The van der Waals surface area contributed by atoms with E-state index in [4.69, 9.17) is 23.2 Å². The quantitative estimate of drug-likeness (QED) is 0.459. The van der Waals surface area contributed by atoms with Crippen molar-refractivity contribution in [3.63, 3.8) is 0 Å². The van der Waals surface area contributed by atoms with Gasteiger partial charge in [0.05, 0.1) is 5.02 Å². The van der Waals surface area contributed by atoms with E-state index in [0.717, 1.165) is 0 Å². The van der Waals surface area contributed by atoms with Crippen molar-refractivity contribution in [1.29, 1.82) is 0 Å². The molecular weight excluding hydrogens is 371 g/mol. The van der Waals surface area contributed by atoms with Crippen LogP contribution in [0.3, 0.4) is 0 Å². The highest BCUT2D eigenvalue weighted by Crippen LogP contribution is 2.32. The van der Waals surface area contributed by atoms with Crippen LogP contribution in [0.1, 0.15) is 47.8 Å². The summed E-state index contributed by atoms with van der Waals surface area (Å²) < 4.78 is 0. The van der Waals surface area contributed by atoms with Crippen LogP contribution >= 0.6 is 23.2 Å². The second-order valence-electron chi connectivity index (χ2n) is 5.89. The van der Waals surface area contributed by atoms with E-state index >= 15 is 0 Å². The first-order chi connectivity index (χ1) is 12.5. The van der Waals surface area contributed by atoms with Crippen LogP contribution in [0.25, 0.3) is 0 Å². The summed E-state index contributed by atoms with van der Waals surface area (Å²) in [5.74, 6) is -1.04. The zero-order chi connectivity index (χ0) is 18.4. The lowest BCUT2D eigenvalue weighted by Crippen LogP contribution is -2.24. The lowest BCUT2D eigenvalue weighted by Gasteiger charge is -2.19. The Morgan fingerprint density at radius 1 is 0.692 bits per heavy atom. The van der Waals surface area contributed by atoms with Crippen molar-refractivity contribution in [3.8, 4) is 0 Å². The maximum Gasteiger partial charge on any atom is 0.195 e. The summed E-state index contributed by atoms with van der Waals surface area (Å²) in [5, 5.41) is 0.594. The zero-order valence-corrected chi connectivity index (χ0v) is 14.8.